The van der Waals surface area contributed by atoms with Gasteiger partial charge in [0.05, 0.1) is 0 Å². The standard InChI is InChI=1S/C31H53N3O5/c1-11-12-13-14-15-16-20-34(28(37)24(21(2)3)32-29(38)39-31(8,9)10)25(27(36)33-30(5,6)7)23-19-17-18-22(4)26(23)35/h17-19,21,24-25,35H,11-16,20H2,1-10H3,(H,32,38)(H,33,36). The fourth-order valence-corrected chi connectivity index (χ4v) is 4.35. The molecule has 0 radical (unpaired) electrons. The van der Waals surface area contributed by atoms with Crippen molar-refractivity contribution in [2.24, 2.45) is 5.92 Å². The second-order valence-electron chi connectivity index (χ2n) is 12.8. The minimum atomic E-state index is -1.08. The summed E-state index contributed by atoms with van der Waals surface area (Å²) in [6.07, 6.45) is 5.36. The van der Waals surface area contributed by atoms with E-state index in [9.17, 15) is 19.5 Å². The molecule has 0 aliphatic heterocycles. The Bertz CT molecular complexity index is 947. The molecule has 0 heterocycles. The van der Waals surface area contributed by atoms with Crippen LogP contribution in [0.2, 0.25) is 0 Å². The zero-order valence-electron chi connectivity index (χ0n) is 25.9. The van der Waals surface area contributed by atoms with Crippen molar-refractivity contribution in [3.8, 4) is 5.75 Å². The van der Waals surface area contributed by atoms with Gasteiger partial charge in [-0.15, -0.1) is 0 Å². The van der Waals surface area contributed by atoms with E-state index in [1.165, 1.54) is 4.90 Å². The summed E-state index contributed by atoms with van der Waals surface area (Å²) in [6.45, 7) is 18.8. The van der Waals surface area contributed by atoms with Crippen molar-refractivity contribution < 1.29 is 24.2 Å². The summed E-state index contributed by atoms with van der Waals surface area (Å²) in [7, 11) is 0. The van der Waals surface area contributed by atoms with Crippen molar-refractivity contribution in [2.45, 2.75) is 131 Å². The fourth-order valence-electron chi connectivity index (χ4n) is 4.35. The van der Waals surface area contributed by atoms with Crippen molar-refractivity contribution in [3.05, 3.63) is 29.3 Å². The van der Waals surface area contributed by atoms with Crippen molar-refractivity contribution in [1.29, 1.82) is 0 Å². The van der Waals surface area contributed by atoms with E-state index in [1.807, 2.05) is 34.6 Å². The van der Waals surface area contributed by atoms with Crippen molar-refractivity contribution in [3.63, 3.8) is 0 Å². The second kappa shape index (κ2) is 15.1. The Morgan fingerprint density at radius 3 is 2.10 bits per heavy atom. The molecule has 0 fully saturated rings. The predicted molar refractivity (Wildman–Crippen MR) is 157 cm³/mol. The molecule has 1 rings (SSSR count). The topological polar surface area (TPSA) is 108 Å². The van der Waals surface area contributed by atoms with Crippen LogP contribution in [-0.4, -0.2) is 51.6 Å². The van der Waals surface area contributed by atoms with Crippen molar-refractivity contribution in [2.75, 3.05) is 6.54 Å². The Kier molecular flexibility index (Phi) is 13.3. The number of para-hydroxylation sites is 1. The Morgan fingerprint density at radius 1 is 0.974 bits per heavy atom. The summed E-state index contributed by atoms with van der Waals surface area (Å²) in [5.74, 6) is -1.06. The number of carbonyl (C=O) groups excluding carboxylic acids is 3. The molecule has 1 aromatic rings. The quantitative estimate of drug-likeness (QED) is 0.248. The minimum Gasteiger partial charge on any atom is -0.507 e. The normalized spacial score (nSPS) is 13.5. The fraction of sp³-hybridized carbons (Fsp3) is 0.710. The maximum atomic E-state index is 14.2. The first-order chi connectivity index (χ1) is 18.0. The summed E-state index contributed by atoms with van der Waals surface area (Å²) in [4.78, 5) is 42.3. The van der Waals surface area contributed by atoms with Crippen LogP contribution in [0.1, 0.15) is 118 Å². The van der Waals surface area contributed by atoms with Crippen LogP contribution in [0.3, 0.4) is 0 Å². The van der Waals surface area contributed by atoms with Crippen LogP contribution in [0, 0.1) is 12.8 Å². The van der Waals surface area contributed by atoms with Crippen LogP contribution in [0.25, 0.3) is 0 Å². The number of alkyl carbamates (subject to hydrolysis) is 1. The van der Waals surface area contributed by atoms with Gasteiger partial charge in [0.1, 0.15) is 23.4 Å². The van der Waals surface area contributed by atoms with E-state index in [-0.39, 0.29) is 23.5 Å². The molecule has 2 atom stereocenters. The number of nitrogens with zero attached hydrogens (tertiary/aromatic N) is 1. The molecular formula is C31H53N3O5. The number of carbonyl (C=O) groups is 3. The highest BCUT2D eigenvalue weighted by Gasteiger charge is 2.39. The summed E-state index contributed by atoms with van der Waals surface area (Å²) < 4.78 is 5.44. The number of hydrogen-bond acceptors (Lipinski definition) is 5. The third-order valence-electron chi connectivity index (χ3n) is 6.26. The van der Waals surface area contributed by atoms with Crippen LogP contribution in [-0.2, 0) is 14.3 Å². The lowest BCUT2D eigenvalue weighted by Gasteiger charge is -2.37. The molecular weight excluding hydrogens is 494 g/mol. The summed E-state index contributed by atoms with van der Waals surface area (Å²) in [6, 6.07) is 3.22. The number of unbranched alkanes of at least 4 members (excludes halogenated alkanes) is 5. The van der Waals surface area contributed by atoms with Crippen LogP contribution in [0.4, 0.5) is 4.79 Å². The van der Waals surface area contributed by atoms with Gasteiger partial charge < -0.3 is 25.4 Å². The zero-order chi connectivity index (χ0) is 30.0. The summed E-state index contributed by atoms with van der Waals surface area (Å²) in [5, 5.41) is 16.8. The van der Waals surface area contributed by atoms with Gasteiger partial charge in [-0.25, -0.2) is 4.79 Å². The Hall–Kier alpha value is -2.77. The van der Waals surface area contributed by atoms with Crippen molar-refractivity contribution >= 4 is 17.9 Å². The monoisotopic (exact) mass is 547 g/mol. The van der Waals surface area contributed by atoms with E-state index in [0.29, 0.717) is 24.1 Å². The van der Waals surface area contributed by atoms with E-state index in [0.717, 1.165) is 32.1 Å². The van der Waals surface area contributed by atoms with E-state index in [1.54, 1.807) is 45.9 Å². The number of rotatable bonds is 13. The third-order valence-corrected chi connectivity index (χ3v) is 6.26. The highest BCUT2D eigenvalue weighted by molar-refractivity contribution is 5.93. The van der Waals surface area contributed by atoms with Crippen LogP contribution in [0.15, 0.2) is 18.2 Å². The lowest BCUT2D eigenvalue weighted by atomic mass is 9.95. The summed E-state index contributed by atoms with van der Waals surface area (Å²) in [5.41, 5.74) is -0.318. The number of aryl methyl sites for hydroxylation is 1. The lowest BCUT2D eigenvalue weighted by molar-refractivity contribution is -0.144. The molecule has 222 valence electrons. The number of hydrogen-bond donors (Lipinski definition) is 3. The van der Waals surface area contributed by atoms with Crippen LogP contribution < -0.4 is 10.6 Å². The van der Waals surface area contributed by atoms with Gasteiger partial charge in [0, 0.05) is 17.6 Å². The van der Waals surface area contributed by atoms with Gasteiger partial charge >= 0.3 is 6.09 Å². The number of ether oxygens (including phenoxy) is 1. The smallest absolute Gasteiger partial charge is 0.408 e. The van der Waals surface area contributed by atoms with Crippen LogP contribution >= 0.6 is 0 Å². The molecule has 0 aliphatic rings. The van der Waals surface area contributed by atoms with E-state index in [4.69, 9.17) is 4.74 Å². The Balaban J connectivity index is 3.53. The maximum absolute atomic E-state index is 14.2. The van der Waals surface area contributed by atoms with Gasteiger partial charge in [-0.2, -0.15) is 0 Å². The molecule has 0 aliphatic carbocycles. The van der Waals surface area contributed by atoms with Gasteiger partial charge in [0.15, 0.2) is 0 Å². The Morgan fingerprint density at radius 2 is 1.56 bits per heavy atom. The van der Waals surface area contributed by atoms with Gasteiger partial charge in [0.25, 0.3) is 0 Å². The maximum Gasteiger partial charge on any atom is 0.408 e. The molecule has 0 spiro atoms. The number of amides is 3. The third kappa shape index (κ3) is 11.9. The van der Waals surface area contributed by atoms with Gasteiger partial charge in [-0.3, -0.25) is 9.59 Å². The SMILES string of the molecule is CCCCCCCCN(C(=O)C(NC(=O)OC(C)(C)C)C(C)C)C(C(=O)NC(C)(C)C)c1cccc(C)c1O. The molecule has 0 bridgehead atoms. The number of benzene rings is 1. The average molecular weight is 548 g/mol. The van der Waals surface area contributed by atoms with Gasteiger partial charge in [-0.05, 0) is 66.4 Å². The molecule has 0 aromatic heterocycles. The van der Waals surface area contributed by atoms with Crippen molar-refractivity contribution in [1.82, 2.24) is 15.5 Å². The number of phenolic OH excluding ortho intramolecular Hbond substituents is 1. The highest BCUT2D eigenvalue weighted by atomic mass is 16.6. The molecule has 2 unspecified atom stereocenters. The number of nitrogens with one attached hydrogen (secondary N) is 2. The van der Waals surface area contributed by atoms with Crippen LogP contribution in [0.5, 0.6) is 5.75 Å². The summed E-state index contributed by atoms with van der Waals surface area (Å²) >= 11 is 0. The van der Waals surface area contributed by atoms with E-state index < -0.39 is 29.3 Å². The molecule has 0 saturated heterocycles. The lowest BCUT2D eigenvalue weighted by Crippen LogP contribution is -2.56. The molecule has 39 heavy (non-hydrogen) atoms. The highest BCUT2D eigenvalue weighted by Crippen LogP contribution is 2.33. The van der Waals surface area contributed by atoms with Gasteiger partial charge in [0.2, 0.25) is 11.8 Å². The average Bonchev–Trinajstić information content (AvgIpc) is 2.78. The molecule has 1 aromatic carbocycles. The molecule has 3 N–H and O–H groups in total. The first kappa shape index (κ1) is 34.3. The van der Waals surface area contributed by atoms with Gasteiger partial charge in [-0.1, -0.05) is 71.1 Å². The van der Waals surface area contributed by atoms with E-state index >= 15 is 0 Å². The molecule has 3 amide bonds. The Labute approximate surface area is 236 Å². The zero-order valence-corrected chi connectivity index (χ0v) is 25.9. The molecule has 0 saturated carbocycles. The molecule has 8 heteroatoms. The first-order valence-electron chi connectivity index (χ1n) is 14.4. The first-order valence-corrected chi connectivity index (χ1v) is 14.4. The largest absolute Gasteiger partial charge is 0.507 e. The van der Waals surface area contributed by atoms with E-state index in [2.05, 4.69) is 17.6 Å². The molecule has 8 nitrogen and oxygen atoms in total. The minimum absolute atomic E-state index is 0.0199. The number of aromatic hydroxyl groups is 1. The predicted octanol–water partition coefficient (Wildman–Crippen LogP) is 6.39. The second-order valence-corrected chi connectivity index (χ2v) is 12.8. The number of phenols is 1.